The van der Waals surface area contributed by atoms with Crippen LogP contribution in [0.2, 0.25) is 0 Å². The summed E-state index contributed by atoms with van der Waals surface area (Å²) in [5, 5.41) is 2.22. The van der Waals surface area contributed by atoms with Gasteiger partial charge in [0.25, 0.3) is 11.8 Å². The Kier molecular flexibility index (Phi) is 8.27. The first-order valence-electron chi connectivity index (χ1n) is 12.0. The minimum absolute atomic E-state index is 0.192. The summed E-state index contributed by atoms with van der Waals surface area (Å²) in [6.07, 6.45) is 1.41. The lowest BCUT2D eigenvalue weighted by Gasteiger charge is -2.26. The van der Waals surface area contributed by atoms with Crippen LogP contribution < -0.4 is 29.2 Å². The van der Waals surface area contributed by atoms with Crippen LogP contribution in [0.15, 0.2) is 72.3 Å². The van der Waals surface area contributed by atoms with Crippen LogP contribution in [0.5, 0.6) is 23.0 Å². The second kappa shape index (κ2) is 12.0. The Morgan fingerprint density at radius 2 is 1.55 bits per heavy atom. The van der Waals surface area contributed by atoms with Gasteiger partial charge >= 0.3 is 6.03 Å². The highest BCUT2D eigenvalue weighted by Crippen LogP contribution is 2.30. The number of rotatable bonds is 10. The van der Waals surface area contributed by atoms with Crippen molar-refractivity contribution in [3.63, 3.8) is 0 Å². The van der Waals surface area contributed by atoms with E-state index in [2.05, 4.69) is 5.32 Å². The maximum absolute atomic E-state index is 13.2. The third-order valence-electron chi connectivity index (χ3n) is 5.70. The summed E-state index contributed by atoms with van der Waals surface area (Å²) in [5.41, 5.74) is 1.68. The molecule has 0 atom stereocenters. The standard InChI is InChI=1S/C29H28N2O7/c1-4-36-26-18-20(9-14-25(26)38-16-15-37-24-8-6-5-7-19(24)2)17-23-27(32)30-29(34)31(28(23)33)21-10-12-22(35-3)13-11-21/h5-14,17-18H,4,15-16H2,1-3H3,(H,30,32,34)/b23-17-. The van der Waals surface area contributed by atoms with Crippen molar-refractivity contribution in [2.24, 2.45) is 0 Å². The number of nitrogens with zero attached hydrogens (tertiary/aromatic N) is 1. The highest BCUT2D eigenvalue weighted by atomic mass is 16.5. The first-order chi connectivity index (χ1) is 18.4. The number of amides is 4. The van der Waals surface area contributed by atoms with Crippen molar-refractivity contribution in [2.75, 3.05) is 31.8 Å². The van der Waals surface area contributed by atoms with Crippen LogP contribution in [0.1, 0.15) is 18.1 Å². The molecule has 1 aliphatic heterocycles. The second-order valence-electron chi connectivity index (χ2n) is 8.26. The molecule has 0 bridgehead atoms. The number of hydrogen-bond acceptors (Lipinski definition) is 7. The molecule has 0 aromatic heterocycles. The Morgan fingerprint density at radius 3 is 2.24 bits per heavy atom. The molecule has 3 aromatic carbocycles. The number of aryl methyl sites for hydroxylation is 1. The van der Waals surface area contributed by atoms with Gasteiger partial charge in [-0.1, -0.05) is 24.3 Å². The zero-order chi connectivity index (χ0) is 27.1. The van der Waals surface area contributed by atoms with E-state index in [-0.39, 0.29) is 12.2 Å². The van der Waals surface area contributed by atoms with Gasteiger partial charge in [-0.2, -0.15) is 0 Å². The van der Waals surface area contributed by atoms with Gasteiger partial charge in [0.15, 0.2) is 11.5 Å². The van der Waals surface area contributed by atoms with Crippen molar-refractivity contribution in [2.45, 2.75) is 13.8 Å². The summed E-state index contributed by atoms with van der Waals surface area (Å²) < 4.78 is 22.5. The fourth-order valence-corrected chi connectivity index (χ4v) is 3.81. The molecule has 196 valence electrons. The number of anilines is 1. The summed E-state index contributed by atoms with van der Waals surface area (Å²) in [7, 11) is 1.51. The van der Waals surface area contributed by atoms with E-state index in [0.717, 1.165) is 16.2 Å². The van der Waals surface area contributed by atoms with Crippen molar-refractivity contribution in [3.8, 4) is 23.0 Å². The molecule has 1 heterocycles. The number of para-hydroxylation sites is 1. The van der Waals surface area contributed by atoms with E-state index in [0.29, 0.717) is 41.7 Å². The Hall–Kier alpha value is -4.79. The Labute approximate surface area is 220 Å². The van der Waals surface area contributed by atoms with E-state index >= 15 is 0 Å². The van der Waals surface area contributed by atoms with Gasteiger partial charge in [-0.05, 0) is 73.5 Å². The van der Waals surface area contributed by atoms with Gasteiger partial charge in [0.2, 0.25) is 0 Å². The lowest BCUT2D eigenvalue weighted by molar-refractivity contribution is -0.122. The largest absolute Gasteiger partial charge is 0.497 e. The first-order valence-corrected chi connectivity index (χ1v) is 12.0. The van der Waals surface area contributed by atoms with E-state index in [1.165, 1.54) is 13.2 Å². The number of hydrogen-bond donors (Lipinski definition) is 1. The van der Waals surface area contributed by atoms with Crippen LogP contribution in [0.3, 0.4) is 0 Å². The zero-order valence-electron chi connectivity index (χ0n) is 21.4. The number of carbonyl (C=O) groups is 3. The molecule has 0 spiro atoms. The van der Waals surface area contributed by atoms with Gasteiger partial charge in [0, 0.05) is 0 Å². The SMILES string of the molecule is CCOc1cc(/C=C2/C(=O)NC(=O)N(c3ccc(OC)cc3)C2=O)ccc1OCCOc1ccccc1C. The van der Waals surface area contributed by atoms with Crippen LogP contribution in [0.25, 0.3) is 6.08 Å². The highest BCUT2D eigenvalue weighted by molar-refractivity contribution is 6.39. The number of imide groups is 2. The molecule has 38 heavy (non-hydrogen) atoms. The Bertz CT molecular complexity index is 1370. The minimum atomic E-state index is -0.825. The lowest BCUT2D eigenvalue weighted by Crippen LogP contribution is -2.54. The Morgan fingerprint density at radius 1 is 0.842 bits per heavy atom. The number of ether oxygens (including phenoxy) is 4. The summed E-state index contributed by atoms with van der Waals surface area (Å²) in [4.78, 5) is 39.1. The third kappa shape index (κ3) is 5.95. The monoisotopic (exact) mass is 516 g/mol. The molecule has 4 rings (SSSR count). The molecule has 9 nitrogen and oxygen atoms in total. The van der Waals surface area contributed by atoms with Crippen molar-refractivity contribution in [1.82, 2.24) is 5.32 Å². The summed E-state index contributed by atoms with van der Waals surface area (Å²) in [6, 6.07) is 18.3. The topological polar surface area (TPSA) is 103 Å². The normalized spacial score (nSPS) is 14.3. The molecule has 0 aliphatic carbocycles. The van der Waals surface area contributed by atoms with Crippen molar-refractivity contribution >= 4 is 29.6 Å². The molecular formula is C29H28N2O7. The molecule has 0 radical (unpaired) electrons. The van der Waals surface area contributed by atoms with Crippen LogP contribution in [-0.2, 0) is 9.59 Å². The smallest absolute Gasteiger partial charge is 0.335 e. The molecular weight excluding hydrogens is 488 g/mol. The molecule has 0 unspecified atom stereocenters. The second-order valence-corrected chi connectivity index (χ2v) is 8.26. The average molecular weight is 517 g/mol. The van der Waals surface area contributed by atoms with Crippen molar-refractivity contribution in [3.05, 3.63) is 83.4 Å². The number of nitrogens with one attached hydrogen (secondary N) is 1. The Balaban J connectivity index is 1.51. The number of carbonyl (C=O) groups excluding carboxylic acids is 3. The van der Waals surface area contributed by atoms with Gasteiger partial charge in [0.1, 0.15) is 30.3 Å². The summed E-state index contributed by atoms with van der Waals surface area (Å²) in [6.45, 7) is 4.82. The lowest BCUT2D eigenvalue weighted by atomic mass is 10.1. The van der Waals surface area contributed by atoms with Gasteiger partial charge in [0.05, 0.1) is 19.4 Å². The van der Waals surface area contributed by atoms with Crippen LogP contribution in [0, 0.1) is 6.92 Å². The van der Waals surface area contributed by atoms with Gasteiger partial charge in [-0.3, -0.25) is 14.9 Å². The quantitative estimate of drug-likeness (QED) is 0.240. The molecule has 9 heteroatoms. The van der Waals surface area contributed by atoms with E-state index < -0.39 is 17.8 Å². The number of methoxy groups -OCH3 is 1. The maximum Gasteiger partial charge on any atom is 0.335 e. The highest BCUT2D eigenvalue weighted by Gasteiger charge is 2.36. The fourth-order valence-electron chi connectivity index (χ4n) is 3.81. The summed E-state index contributed by atoms with van der Waals surface area (Å²) >= 11 is 0. The van der Waals surface area contributed by atoms with Gasteiger partial charge < -0.3 is 18.9 Å². The van der Waals surface area contributed by atoms with E-state index in [1.807, 2.05) is 38.1 Å². The maximum atomic E-state index is 13.2. The molecule has 0 saturated carbocycles. The average Bonchev–Trinajstić information content (AvgIpc) is 2.91. The molecule has 1 fully saturated rings. The fraction of sp³-hybridized carbons (Fsp3) is 0.207. The van der Waals surface area contributed by atoms with Crippen LogP contribution in [-0.4, -0.2) is 44.8 Å². The number of benzene rings is 3. The first kappa shape index (κ1) is 26.3. The molecule has 1 saturated heterocycles. The van der Waals surface area contributed by atoms with Crippen molar-refractivity contribution < 1.29 is 33.3 Å². The summed E-state index contributed by atoms with van der Waals surface area (Å²) in [5.74, 6) is 0.784. The van der Waals surface area contributed by atoms with E-state index in [9.17, 15) is 14.4 Å². The zero-order valence-corrected chi connectivity index (χ0v) is 21.4. The molecule has 3 aromatic rings. The van der Waals surface area contributed by atoms with Crippen molar-refractivity contribution in [1.29, 1.82) is 0 Å². The molecule has 4 amide bonds. The van der Waals surface area contributed by atoms with Gasteiger partial charge in [-0.25, -0.2) is 9.69 Å². The number of barbiturate groups is 1. The predicted octanol–water partition coefficient (Wildman–Crippen LogP) is 4.53. The molecule has 1 N–H and O–H groups in total. The third-order valence-corrected chi connectivity index (χ3v) is 5.70. The van der Waals surface area contributed by atoms with Crippen LogP contribution >= 0.6 is 0 Å². The van der Waals surface area contributed by atoms with E-state index in [1.54, 1.807) is 42.5 Å². The predicted molar refractivity (Wildman–Crippen MR) is 142 cm³/mol. The number of urea groups is 1. The van der Waals surface area contributed by atoms with Gasteiger partial charge in [-0.15, -0.1) is 0 Å². The minimum Gasteiger partial charge on any atom is -0.497 e. The van der Waals surface area contributed by atoms with E-state index in [4.69, 9.17) is 18.9 Å². The van der Waals surface area contributed by atoms with Crippen LogP contribution in [0.4, 0.5) is 10.5 Å². The molecule has 1 aliphatic rings.